The maximum absolute atomic E-state index is 12.5. The summed E-state index contributed by atoms with van der Waals surface area (Å²) in [7, 11) is 0. The Morgan fingerprint density at radius 3 is 2.21 bits per heavy atom. The van der Waals surface area contributed by atoms with Gasteiger partial charge in [0.25, 0.3) is 0 Å². The van der Waals surface area contributed by atoms with Crippen LogP contribution in [0.25, 0.3) is 0 Å². The molecule has 2 fully saturated rings. The lowest BCUT2D eigenvalue weighted by Crippen LogP contribution is -2.41. The fraction of sp³-hybridized carbons (Fsp3) is 0.600. The standard InChI is InChI=1S/C25H34N2O2/c28-24(26-18-22-9-10-22)12-11-19-5-7-20(8-6-19)17-21-13-15-27(16-14-21)25(29)23-3-1-2-4-23/h1-2,5-8,21-23H,3-4,9-18H2,(H,26,28). The first-order valence-electron chi connectivity index (χ1n) is 11.5. The predicted molar refractivity (Wildman–Crippen MR) is 115 cm³/mol. The summed E-state index contributed by atoms with van der Waals surface area (Å²) in [5, 5.41) is 3.04. The zero-order valence-corrected chi connectivity index (χ0v) is 17.4. The second-order valence-corrected chi connectivity index (χ2v) is 9.18. The first-order chi connectivity index (χ1) is 14.2. The molecule has 2 aliphatic carbocycles. The van der Waals surface area contributed by atoms with Crippen LogP contribution in [0, 0.1) is 17.8 Å². The molecule has 0 radical (unpaired) electrons. The lowest BCUT2D eigenvalue weighted by molar-refractivity contribution is -0.136. The highest BCUT2D eigenvalue weighted by Gasteiger charge is 2.28. The van der Waals surface area contributed by atoms with E-state index < -0.39 is 0 Å². The van der Waals surface area contributed by atoms with Gasteiger partial charge in [0.2, 0.25) is 11.8 Å². The molecule has 2 amide bonds. The van der Waals surface area contributed by atoms with Gasteiger partial charge >= 0.3 is 0 Å². The minimum absolute atomic E-state index is 0.177. The Bertz CT molecular complexity index is 720. The largest absolute Gasteiger partial charge is 0.356 e. The SMILES string of the molecule is O=C(CCc1ccc(CC2CCN(C(=O)C3CC=CC3)CC2)cc1)NCC1CC1. The molecule has 0 aromatic heterocycles. The van der Waals surface area contributed by atoms with E-state index in [1.165, 1.54) is 24.0 Å². The van der Waals surface area contributed by atoms with Gasteiger partial charge in [0.05, 0.1) is 0 Å². The van der Waals surface area contributed by atoms with Gasteiger partial charge in [-0.15, -0.1) is 0 Å². The monoisotopic (exact) mass is 394 g/mol. The van der Waals surface area contributed by atoms with Crippen LogP contribution < -0.4 is 5.32 Å². The number of allylic oxidation sites excluding steroid dienone is 2. The average Bonchev–Trinajstić information content (AvgIpc) is 3.42. The number of carbonyl (C=O) groups excluding carboxylic acids is 2. The minimum Gasteiger partial charge on any atom is -0.356 e. The molecule has 0 atom stereocenters. The van der Waals surface area contributed by atoms with Gasteiger partial charge in [-0.25, -0.2) is 0 Å². The summed E-state index contributed by atoms with van der Waals surface area (Å²) in [6.07, 6.45) is 13.4. The first-order valence-corrected chi connectivity index (χ1v) is 11.5. The summed E-state index contributed by atoms with van der Waals surface area (Å²) in [5.41, 5.74) is 2.61. The number of nitrogens with one attached hydrogen (secondary N) is 1. The number of nitrogens with zero attached hydrogens (tertiary/aromatic N) is 1. The molecule has 1 aromatic carbocycles. The summed E-state index contributed by atoms with van der Waals surface area (Å²) in [6.45, 7) is 2.68. The predicted octanol–water partition coefficient (Wildman–Crippen LogP) is 3.89. The third kappa shape index (κ3) is 5.94. The van der Waals surface area contributed by atoms with Crippen molar-refractivity contribution in [1.29, 1.82) is 0 Å². The van der Waals surface area contributed by atoms with E-state index in [1.807, 2.05) is 0 Å². The van der Waals surface area contributed by atoms with E-state index in [9.17, 15) is 9.59 Å². The second kappa shape index (κ2) is 9.60. The van der Waals surface area contributed by atoms with E-state index in [2.05, 4.69) is 46.6 Å². The lowest BCUT2D eigenvalue weighted by Gasteiger charge is -2.33. The number of hydrogen-bond donors (Lipinski definition) is 1. The van der Waals surface area contributed by atoms with Gasteiger partial charge < -0.3 is 10.2 Å². The molecule has 4 heteroatoms. The zero-order chi connectivity index (χ0) is 20.1. The number of piperidine rings is 1. The van der Waals surface area contributed by atoms with Crippen LogP contribution in [0.4, 0.5) is 0 Å². The van der Waals surface area contributed by atoms with E-state index in [0.29, 0.717) is 18.2 Å². The highest BCUT2D eigenvalue weighted by atomic mass is 16.2. The van der Waals surface area contributed by atoms with Crippen LogP contribution in [-0.4, -0.2) is 36.3 Å². The van der Waals surface area contributed by atoms with Crippen molar-refractivity contribution in [2.45, 2.75) is 57.8 Å². The Morgan fingerprint density at radius 1 is 0.897 bits per heavy atom. The van der Waals surface area contributed by atoms with Crippen molar-refractivity contribution in [3.05, 3.63) is 47.5 Å². The molecule has 1 saturated heterocycles. The third-order valence-electron chi connectivity index (χ3n) is 6.76. The molecule has 29 heavy (non-hydrogen) atoms. The maximum Gasteiger partial charge on any atom is 0.226 e. The van der Waals surface area contributed by atoms with Crippen LogP contribution in [0.15, 0.2) is 36.4 Å². The smallest absolute Gasteiger partial charge is 0.226 e. The molecular weight excluding hydrogens is 360 g/mol. The van der Waals surface area contributed by atoms with Crippen LogP contribution in [0.2, 0.25) is 0 Å². The van der Waals surface area contributed by atoms with Crippen molar-refractivity contribution in [3.8, 4) is 0 Å². The van der Waals surface area contributed by atoms with E-state index >= 15 is 0 Å². The maximum atomic E-state index is 12.5. The van der Waals surface area contributed by atoms with Gasteiger partial charge in [0.1, 0.15) is 0 Å². The molecule has 1 saturated carbocycles. The summed E-state index contributed by atoms with van der Waals surface area (Å²) in [6, 6.07) is 8.79. The van der Waals surface area contributed by atoms with Crippen molar-refractivity contribution in [1.82, 2.24) is 10.2 Å². The molecule has 1 N–H and O–H groups in total. The summed E-state index contributed by atoms with van der Waals surface area (Å²) >= 11 is 0. The number of rotatable bonds is 8. The number of amides is 2. The van der Waals surface area contributed by atoms with E-state index in [-0.39, 0.29) is 11.8 Å². The number of aryl methyl sites for hydroxylation is 1. The van der Waals surface area contributed by atoms with Crippen LogP contribution in [-0.2, 0) is 22.4 Å². The molecule has 0 spiro atoms. The van der Waals surface area contributed by atoms with Crippen LogP contribution >= 0.6 is 0 Å². The van der Waals surface area contributed by atoms with Gasteiger partial charge in [-0.05, 0) is 74.3 Å². The van der Waals surface area contributed by atoms with E-state index in [1.54, 1.807) is 0 Å². The number of carbonyl (C=O) groups is 2. The second-order valence-electron chi connectivity index (χ2n) is 9.18. The molecule has 0 unspecified atom stereocenters. The Labute approximate surface area is 174 Å². The van der Waals surface area contributed by atoms with Crippen LogP contribution in [0.3, 0.4) is 0 Å². The van der Waals surface area contributed by atoms with Gasteiger partial charge in [0, 0.05) is 32.0 Å². The average molecular weight is 395 g/mol. The van der Waals surface area contributed by atoms with Gasteiger partial charge in [-0.1, -0.05) is 36.4 Å². The lowest BCUT2D eigenvalue weighted by atomic mass is 9.89. The molecule has 0 bridgehead atoms. The fourth-order valence-electron chi connectivity index (χ4n) is 4.54. The fourth-order valence-corrected chi connectivity index (χ4v) is 4.54. The number of benzene rings is 1. The Balaban J connectivity index is 1.16. The van der Waals surface area contributed by atoms with Crippen molar-refractivity contribution in [2.75, 3.05) is 19.6 Å². The highest BCUT2D eigenvalue weighted by Crippen LogP contribution is 2.28. The summed E-state index contributed by atoms with van der Waals surface area (Å²) in [5.74, 6) is 2.15. The normalized spacial score (nSPS) is 20.2. The van der Waals surface area contributed by atoms with Gasteiger partial charge in [0.15, 0.2) is 0 Å². The molecule has 1 heterocycles. The van der Waals surface area contributed by atoms with Gasteiger partial charge in [-0.3, -0.25) is 9.59 Å². The Hall–Kier alpha value is -2.10. The van der Waals surface area contributed by atoms with Gasteiger partial charge in [-0.2, -0.15) is 0 Å². The Kier molecular flexibility index (Phi) is 6.68. The number of likely N-dealkylation sites (tertiary alicyclic amines) is 1. The summed E-state index contributed by atoms with van der Waals surface area (Å²) in [4.78, 5) is 26.5. The molecule has 4 rings (SSSR count). The molecule has 1 aromatic rings. The molecule has 156 valence electrons. The topological polar surface area (TPSA) is 49.4 Å². The number of hydrogen-bond acceptors (Lipinski definition) is 2. The quantitative estimate of drug-likeness (QED) is 0.680. The first kappa shape index (κ1) is 20.2. The van der Waals surface area contributed by atoms with Crippen molar-refractivity contribution < 1.29 is 9.59 Å². The van der Waals surface area contributed by atoms with Crippen molar-refractivity contribution >= 4 is 11.8 Å². The van der Waals surface area contributed by atoms with E-state index in [0.717, 1.165) is 64.1 Å². The molecule has 3 aliphatic rings. The highest BCUT2D eigenvalue weighted by molar-refractivity contribution is 5.79. The van der Waals surface area contributed by atoms with E-state index in [4.69, 9.17) is 0 Å². The zero-order valence-electron chi connectivity index (χ0n) is 17.4. The van der Waals surface area contributed by atoms with Crippen LogP contribution in [0.5, 0.6) is 0 Å². The van der Waals surface area contributed by atoms with Crippen LogP contribution in [0.1, 0.15) is 56.1 Å². The molecule has 4 nitrogen and oxygen atoms in total. The minimum atomic E-state index is 0.177. The third-order valence-corrected chi connectivity index (χ3v) is 6.76. The molecule has 1 aliphatic heterocycles. The Morgan fingerprint density at radius 2 is 1.55 bits per heavy atom. The van der Waals surface area contributed by atoms with Crippen molar-refractivity contribution in [2.24, 2.45) is 17.8 Å². The van der Waals surface area contributed by atoms with Crippen molar-refractivity contribution in [3.63, 3.8) is 0 Å². The molecular formula is C25H34N2O2. The summed E-state index contributed by atoms with van der Waals surface area (Å²) < 4.78 is 0.